The van der Waals surface area contributed by atoms with Gasteiger partial charge in [0.2, 0.25) is 15.9 Å². The van der Waals surface area contributed by atoms with E-state index in [2.05, 4.69) is 9.62 Å². The van der Waals surface area contributed by atoms with Crippen LogP contribution >= 0.6 is 0 Å². The van der Waals surface area contributed by atoms with Crippen LogP contribution in [0.1, 0.15) is 29.6 Å². The van der Waals surface area contributed by atoms with Gasteiger partial charge in [-0.3, -0.25) is 4.79 Å². The average molecular weight is 385 g/mol. The molecule has 0 aliphatic carbocycles. The van der Waals surface area contributed by atoms with Gasteiger partial charge in [0.1, 0.15) is 11.3 Å². The number of rotatable bonds is 8. The Balaban J connectivity index is 1.88. The van der Waals surface area contributed by atoms with Gasteiger partial charge in [-0.1, -0.05) is 0 Å². The highest BCUT2D eigenvalue weighted by molar-refractivity contribution is 7.89. The summed E-state index contributed by atoms with van der Waals surface area (Å²) in [5, 5.41) is 18.4. The number of hydrogen-bond donors (Lipinski definition) is 4. The van der Waals surface area contributed by atoms with E-state index in [9.17, 15) is 23.1 Å². The number of hydrogen-bond acceptors (Lipinski definition) is 6. The van der Waals surface area contributed by atoms with Crippen molar-refractivity contribution < 1.29 is 28.2 Å². The molecule has 1 aliphatic heterocycles. The lowest BCUT2D eigenvalue weighted by Gasteiger charge is -2.31. The third-order valence-corrected chi connectivity index (χ3v) is 5.82. The highest BCUT2D eigenvalue weighted by atomic mass is 32.2. The molecule has 144 valence electrons. The molecule has 0 unspecified atom stereocenters. The normalized spacial score (nSPS) is 18.5. The van der Waals surface area contributed by atoms with Crippen molar-refractivity contribution in [2.24, 2.45) is 11.7 Å². The van der Waals surface area contributed by atoms with Gasteiger partial charge in [-0.15, -0.1) is 0 Å². The first-order chi connectivity index (χ1) is 12.2. The molecular formula is C16H23N3O6S. The lowest BCUT2D eigenvalue weighted by molar-refractivity contribution is -0.123. The molecule has 26 heavy (non-hydrogen) atoms. The first-order valence-electron chi connectivity index (χ1n) is 8.28. The first kappa shape index (κ1) is 20.1. The molecular weight excluding hydrogens is 362 g/mol. The van der Waals surface area contributed by atoms with Crippen LogP contribution in [-0.2, 0) is 14.8 Å². The van der Waals surface area contributed by atoms with Crippen molar-refractivity contribution in [2.45, 2.75) is 24.2 Å². The monoisotopic (exact) mass is 385 g/mol. The fourth-order valence-electron chi connectivity index (χ4n) is 2.94. The second-order valence-corrected chi connectivity index (χ2v) is 8.04. The van der Waals surface area contributed by atoms with Gasteiger partial charge < -0.3 is 20.8 Å². The zero-order valence-electron chi connectivity index (χ0n) is 14.2. The van der Waals surface area contributed by atoms with Gasteiger partial charge in [-0.05, 0) is 50.6 Å². The molecule has 1 amide bonds. The Bertz CT molecular complexity index is 780. The third-order valence-electron chi connectivity index (χ3n) is 4.36. The maximum absolute atomic E-state index is 12.3. The van der Waals surface area contributed by atoms with Gasteiger partial charge >= 0.3 is 5.97 Å². The van der Waals surface area contributed by atoms with Crippen LogP contribution in [0, 0.1) is 5.92 Å². The van der Waals surface area contributed by atoms with Crippen molar-refractivity contribution in [2.75, 3.05) is 26.2 Å². The number of nitrogens with one attached hydrogen (secondary N) is 1. The van der Waals surface area contributed by atoms with Crippen molar-refractivity contribution in [1.82, 2.24) is 9.62 Å². The molecule has 10 heteroatoms. The SMILES string of the molecule is NC(=O)[C@H]1CCCN(CCCNS(=O)(=O)c2ccc(O)c(C(=O)O)c2)C1. The molecule has 1 aromatic carbocycles. The number of carbonyl (C=O) groups excluding carboxylic acids is 1. The number of piperidine rings is 1. The molecule has 0 radical (unpaired) electrons. The van der Waals surface area contributed by atoms with E-state index in [1.165, 1.54) is 0 Å². The Morgan fingerprint density at radius 2 is 2.08 bits per heavy atom. The van der Waals surface area contributed by atoms with Crippen LogP contribution in [0.25, 0.3) is 0 Å². The molecule has 5 N–H and O–H groups in total. The molecule has 0 spiro atoms. The second-order valence-electron chi connectivity index (χ2n) is 6.28. The zero-order chi connectivity index (χ0) is 19.3. The highest BCUT2D eigenvalue weighted by Crippen LogP contribution is 2.21. The number of nitrogens with zero attached hydrogens (tertiary/aromatic N) is 1. The minimum Gasteiger partial charge on any atom is -0.507 e. The van der Waals surface area contributed by atoms with E-state index in [0.717, 1.165) is 37.6 Å². The minimum absolute atomic E-state index is 0.160. The predicted molar refractivity (Wildman–Crippen MR) is 93.2 cm³/mol. The number of primary amides is 1. The molecule has 2 rings (SSSR count). The number of aromatic carboxylic acids is 1. The van der Waals surface area contributed by atoms with Crippen LogP contribution in [-0.4, -0.2) is 61.6 Å². The average Bonchev–Trinajstić information content (AvgIpc) is 2.59. The number of benzene rings is 1. The number of sulfonamides is 1. The summed E-state index contributed by atoms with van der Waals surface area (Å²) in [6.45, 7) is 2.23. The summed E-state index contributed by atoms with van der Waals surface area (Å²) in [5.41, 5.74) is 4.86. The Hall–Kier alpha value is -2.17. The molecule has 0 saturated carbocycles. The van der Waals surface area contributed by atoms with Gasteiger partial charge in [-0.25, -0.2) is 17.9 Å². The number of aromatic hydroxyl groups is 1. The molecule has 0 bridgehead atoms. The van der Waals surface area contributed by atoms with Gasteiger partial charge in [0, 0.05) is 13.1 Å². The van der Waals surface area contributed by atoms with E-state index in [-0.39, 0.29) is 23.3 Å². The van der Waals surface area contributed by atoms with Crippen LogP contribution in [0.4, 0.5) is 0 Å². The number of phenols is 1. The summed E-state index contributed by atoms with van der Waals surface area (Å²) in [5.74, 6) is -2.37. The van der Waals surface area contributed by atoms with Crippen LogP contribution in [0.5, 0.6) is 5.75 Å². The summed E-state index contributed by atoms with van der Waals surface area (Å²) in [4.78, 5) is 24.1. The van der Waals surface area contributed by atoms with Crippen molar-refractivity contribution in [1.29, 1.82) is 0 Å². The molecule has 1 heterocycles. The van der Waals surface area contributed by atoms with Crippen LogP contribution in [0.15, 0.2) is 23.1 Å². The second kappa shape index (κ2) is 8.47. The zero-order valence-corrected chi connectivity index (χ0v) is 15.0. The van der Waals surface area contributed by atoms with Gasteiger partial charge in [0.25, 0.3) is 0 Å². The summed E-state index contributed by atoms with van der Waals surface area (Å²) in [6, 6.07) is 3.10. The Morgan fingerprint density at radius 1 is 1.35 bits per heavy atom. The lowest BCUT2D eigenvalue weighted by Crippen LogP contribution is -2.42. The standard InChI is InChI=1S/C16H23N3O6S/c17-15(21)11-3-1-7-19(10-11)8-2-6-18-26(24,25)12-4-5-14(20)13(9-12)16(22)23/h4-5,9,11,18,20H,1-3,6-8,10H2,(H2,17,21)(H,22,23)/t11-/m0/s1. The molecule has 1 aliphatic rings. The number of carbonyl (C=O) groups is 2. The molecule has 1 saturated heterocycles. The smallest absolute Gasteiger partial charge is 0.339 e. The maximum Gasteiger partial charge on any atom is 0.339 e. The van der Waals surface area contributed by atoms with Gasteiger partial charge in [-0.2, -0.15) is 0 Å². The predicted octanol–water partition coefficient (Wildman–Crippen LogP) is -0.0439. The number of nitrogens with two attached hydrogens (primary N) is 1. The highest BCUT2D eigenvalue weighted by Gasteiger charge is 2.24. The van der Waals surface area contributed by atoms with E-state index < -0.39 is 27.3 Å². The van der Waals surface area contributed by atoms with Crippen LogP contribution in [0.3, 0.4) is 0 Å². The number of amides is 1. The first-order valence-corrected chi connectivity index (χ1v) is 9.76. The Morgan fingerprint density at radius 3 is 2.73 bits per heavy atom. The summed E-state index contributed by atoms with van der Waals surface area (Å²) >= 11 is 0. The van der Waals surface area contributed by atoms with E-state index in [1.54, 1.807) is 0 Å². The molecule has 9 nitrogen and oxygen atoms in total. The number of carboxylic acid groups (broad SMARTS) is 1. The topological polar surface area (TPSA) is 150 Å². The van der Waals surface area contributed by atoms with E-state index in [0.29, 0.717) is 19.5 Å². The maximum atomic E-state index is 12.3. The van der Waals surface area contributed by atoms with Crippen molar-refractivity contribution in [3.8, 4) is 5.75 Å². The summed E-state index contributed by atoms with van der Waals surface area (Å²) in [6.07, 6.45) is 2.20. The fourth-order valence-corrected chi connectivity index (χ4v) is 4.04. The molecule has 1 fully saturated rings. The largest absolute Gasteiger partial charge is 0.507 e. The Labute approximate surface area is 151 Å². The van der Waals surface area contributed by atoms with E-state index in [1.807, 2.05) is 0 Å². The summed E-state index contributed by atoms with van der Waals surface area (Å²) in [7, 11) is -3.88. The van der Waals surface area contributed by atoms with E-state index >= 15 is 0 Å². The van der Waals surface area contributed by atoms with Gasteiger partial charge in [0.15, 0.2) is 0 Å². The van der Waals surface area contributed by atoms with Gasteiger partial charge in [0.05, 0.1) is 10.8 Å². The van der Waals surface area contributed by atoms with Crippen molar-refractivity contribution in [3.05, 3.63) is 23.8 Å². The molecule has 1 aromatic rings. The van der Waals surface area contributed by atoms with E-state index in [4.69, 9.17) is 10.8 Å². The quantitative estimate of drug-likeness (QED) is 0.458. The number of likely N-dealkylation sites (tertiary alicyclic amines) is 1. The fraction of sp³-hybridized carbons (Fsp3) is 0.500. The Kier molecular flexibility index (Phi) is 6.57. The van der Waals surface area contributed by atoms with Crippen LogP contribution < -0.4 is 10.5 Å². The lowest BCUT2D eigenvalue weighted by atomic mass is 9.97. The summed E-state index contributed by atoms with van der Waals surface area (Å²) < 4.78 is 26.9. The molecule has 1 atom stereocenters. The molecule has 0 aromatic heterocycles. The number of carboxylic acids is 1. The van der Waals surface area contributed by atoms with Crippen LogP contribution in [0.2, 0.25) is 0 Å². The van der Waals surface area contributed by atoms with Crippen molar-refractivity contribution in [3.63, 3.8) is 0 Å². The third kappa shape index (κ3) is 5.16. The van der Waals surface area contributed by atoms with Crippen molar-refractivity contribution >= 4 is 21.9 Å². The minimum atomic E-state index is -3.88.